The normalized spacial score (nSPS) is 21.3. The molecule has 9 heteroatoms. The zero-order valence-electron chi connectivity index (χ0n) is 15.5. The third-order valence-corrected chi connectivity index (χ3v) is 5.26. The maximum atomic E-state index is 12.7. The average Bonchev–Trinajstić information content (AvgIpc) is 3.15. The smallest absolute Gasteiger partial charge is 0.317 e. The first-order chi connectivity index (χ1) is 13.2. The van der Waals surface area contributed by atoms with Crippen LogP contribution in [0.15, 0.2) is 23.0 Å². The Morgan fingerprint density at radius 3 is 2.67 bits per heavy atom. The Balaban J connectivity index is 1.28. The topological polar surface area (TPSA) is 100 Å². The Morgan fingerprint density at radius 2 is 1.96 bits per heavy atom. The molecule has 0 aliphatic carbocycles. The number of rotatable bonds is 3. The van der Waals surface area contributed by atoms with Gasteiger partial charge in [0.15, 0.2) is 5.82 Å². The van der Waals surface area contributed by atoms with E-state index in [1.807, 2.05) is 17.9 Å². The van der Waals surface area contributed by atoms with E-state index in [1.165, 1.54) is 0 Å². The average molecular weight is 371 g/mol. The van der Waals surface area contributed by atoms with Crippen molar-refractivity contribution in [2.45, 2.75) is 44.6 Å². The molecule has 1 N–H and O–H groups in total. The van der Waals surface area contributed by atoms with Gasteiger partial charge in [0.05, 0.1) is 0 Å². The largest absolute Gasteiger partial charge is 0.339 e. The number of piperidine rings is 2. The number of hydrogen-bond acceptors (Lipinski definition) is 7. The second-order valence-electron chi connectivity index (χ2n) is 7.22. The molecule has 9 nitrogen and oxygen atoms in total. The lowest BCUT2D eigenvalue weighted by atomic mass is 9.97. The van der Waals surface area contributed by atoms with E-state index < -0.39 is 0 Å². The molecule has 1 unspecified atom stereocenters. The standard InChI is InChI=1S/C18H25N7O2/c1-13-21-16(27-23-13)14-5-10-24(11-6-14)18(26)22-15-4-2-9-25(12-15)17-19-7-3-8-20-17/h3,7-8,14-15H,2,4-6,9-12H2,1H3,(H,22,26). The van der Waals surface area contributed by atoms with Crippen LogP contribution in [0.4, 0.5) is 10.7 Å². The van der Waals surface area contributed by atoms with Gasteiger partial charge < -0.3 is 19.6 Å². The van der Waals surface area contributed by atoms with Crippen LogP contribution in [-0.4, -0.2) is 63.3 Å². The highest BCUT2D eigenvalue weighted by molar-refractivity contribution is 5.74. The van der Waals surface area contributed by atoms with Crippen LogP contribution in [-0.2, 0) is 0 Å². The van der Waals surface area contributed by atoms with Crippen molar-refractivity contribution in [2.75, 3.05) is 31.1 Å². The minimum atomic E-state index is 0.0102. The minimum Gasteiger partial charge on any atom is -0.339 e. The number of aromatic nitrogens is 4. The highest BCUT2D eigenvalue weighted by atomic mass is 16.5. The number of urea groups is 1. The van der Waals surface area contributed by atoms with Crippen molar-refractivity contribution in [2.24, 2.45) is 0 Å². The molecule has 2 amide bonds. The number of amides is 2. The van der Waals surface area contributed by atoms with Crippen LogP contribution in [0.2, 0.25) is 0 Å². The summed E-state index contributed by atoms with van der Waals surface area (Å²) in [6, 6.07) is 1.94. The van der Waals surface area contributed by atoms with Crippen molar-refractivity contribution in [3.63, 3.8) is 0 Å². The van der Waals surface area contributed by atoms with Gasteiger partial charge in [-0.3, -0.25) is 0 Å². The molecule has 0 aromatic carbocycles. The number of likely N-dealkylation sites (tertiary alicyclic amines) is 1. The predicted molar refractivity (Wildman–Crippen MR) is 98.4 cm³/mol. The van der Waals surface area contributed by atoms with Gasteiger partial charge in [0, 0.05) is 50.5 Å². The molecule has 2 aromatic heterocycles. The van der Waals surface area contributed by atoms with Crippen LogP contribution >= 0.6 is 0 Å². The highest BCUT2D eigenvalue weighted by Crippen LogP contribution is 2.26. The summed E-state index contributed by atoms with van der Waals surface area (Å²) in [7, 11) is 0. The van der Waals surface area contributed by atoms with Gasteiger partial charge in [0.2, 0.25) is 11.8 Å². The van der Waals surface area contributed by atoms with E-state index in [-0.39, 0.29) is 18.0 Å². The van der Waals surface area contributed by atoms with Crippen LogP contribution in [0, 0.1) is 6.92 Å². The van der Waals surface area contributed by atoms with Gasteiger partial charge in [0.25, 0.3) is 0 Å². The zero-order chi connectivity index (χ0) is 18.6. The molecular formula is C18H25N7O2. The summed E-state index contributed by atoms with van der Waals surface area (Å²) in [6.07, 6.45) is 7.20. The summed E-state index contributed by atoms with van der Waals surface area (Å²) in [5.74, 6) is 2.33. The van der Waals surface area contributed by atoms with Gasteiger partial charge in [-0.05, 0) is 38.7 Å². The van der Waals surface area contributed by atoms with E-state index in [1.54, 1.807) is 12.4 Å². The summed E-state index contributed by atoms with van der Waals surface area (Å²) in [5, 5.41) is 7.05. The first-order valence-corrected chi connectivity index (χ1v) is 9.56. The Bertz CT molecular complexity index is 758. The van der Waals surface area contributed by atoms with Crippen molar-refractivity contribution < 1.29 is 9.32 Å². The molecule has 2 aromatic rings. The fourth-order valence-corrected chi connectivity index (χ4v) is 3.81. The van der Waals surface area contributed by atoms with Crippen molar-refractivity contribution in [1.82, 2.24) is 30.3 Å². The summed E-state index contributed by atoms with van der Waals surface area (Å²) in [4.78, 5) is 29.6. The van der Waals surface area contributed by atoms with Gasteiger partial charge in [0.1, 0.15) is 0 Å². The molecule has 27 heavy (non-hydrogen) atoms. The van der Waals surface area contributed by atoms with Crippen LogP contribution in [0.5, 0.6) is 0 Å². The Hall–Kier alpha value is -2.71. The summed E-state index contributed by atoms with van der Waals surface area (Å²) >= 11 is 0. The summed E-state index contributed by atoms with van der Waals surface area (Å²) in [5.41, 5.74) is 0. The first kappa shape index (κ1) is 17.7. The van der Waals surface area contributed by atoms with Gasteiger partial charge in [-0.25, -0.2) is 14.8 Å². The lowest BCUT2D eigenvalue weighted by molar-refractivity contribution is 0.170. The zero-order valence-corrected chi connectivity index (χ0v) is 15.5. The quantitative estimate of drug-likeness (QED) is 0.877. The summed E-state index contributed by atoms with van der Waals surface area (Å²) < 4.78 is 5.28. The number of hydrogen-bond donors (Lipinski definition) is 1. The maximum Gasteiger partial charge on any atom is 0.317 e. The lowest BCUT2D eigenvalue weighted by Gasteiger charge is -2.36. The van der Waals surface area contributed by atoms with E-state index in [2.05, 4.69) is 30.3 Å². The van der Waals surface area contributed by atoms with E-state index in [0.717, 1.165) is 44.7 Å². The molecule has 144 valence electrons. The number of carbonyl (C=O) groups is 1. The molecule has 4 rings (SSSR count). The van der Waals surface area contributed by atoms with Gasteiger partial charge >= 0.3 is 6.03 Å². The number of aryl methyl sites for hydroxylation is 1. The van der Waals surface area contributed by atoms with Gasteiger partial charge in [-0.15, -0.1) is 0 Å². The fraction of sp³-hybridized carbons (Fsp3) is 0.611. The van der Waals surface area contributed by atoms with Crippen molar-refractivity contribution in [3.05, 3.63) is 30.2 Å². The molecule has 4 heterocycles. The second-order valence-corrected chi connectivity index (χ2v) is 7.22. The van der Waals surface area contributed by atoms with Crippen LogP contribution in [0.25, 0.3) is 0 Å². The van der Waals surface area contributed by atoms with Crippen molar-refractivity contribution in [3.8, 4) is 0 Å². The third kappa shape index (κ3) is 4.17. The lowest BCUT2D eigenvalue weighted by Crippen LogP contribution is -2.53. The Kier molecular flexibility index (Phi) is 5.17. The molecule has 0 saturated carbocycles. The Morgan fingerprint density at radius 1 is 1.19 bits per heavy atom. The summed E-state index contributed by atoms with van der Waals surface area (Å²) in [6.45, 7) is 4.90. The van der Waals surface area contributed by atoms with Crippen molar-refractivity contribution >= 4 is 12.0 Å². The molecular weight excluding hydrogens is 346 g/mol. The first-order valence-electron chi connectivity index (χ1n) is 9.56. The van der Waals surface area contributed by atoms with E-state index in [4.69, 9.17) is 4.52 Å². The molecule has 0 radical (unpaired) electrons. The molecule has 2 fully saturated rings. The van der Waals surface area contributed by atoms with E-state index >= 15 is 0 Å². The van der Waals surface area contributed by atoms with Gasteiger partial charge in [-0.2, -0.15) is 4.98 Å². The monoisotopic (exact) mass is 371 g/mol. The molecule has 1 atom stereocenters. The molecule has 2 aliphatic heterocycles. The predicted octanol–water partition coefficient (Wildman–Crippen LogP) is 1.73. The van der Waals surface area contributed by atoms with Crippen LogP contribution in [0.3, 0.4) is 0 Å². The fourth-order valence-electron chi connectivity index (χ4n) is 3.81. The molecule has 2 aliphatic rings. The SMILES string of the molecule is Cc1noc(C2CCN(C(=O)NC3CCCN(c4ncccn4)C3)CC2)n1. The molecule has 2 saturated heterocycles. The number of anilines is 1. The van der Waals surface area contributed by atoms with Crippen molar-refractivity contribution in [1.29, 1.82) is 0 Å². The highest BCUT2D eigenvalue weighted by Gasteiger charge is 2.29. The minimum absolute atomic E-state index is 0.0102. The third-order valence-electron chi connectivity index (χ3n) is 5.26. The second kappa shape index (κ2) is 7.89. The molecule has 0 bridgehead atoms. The van der Waals surface area contributed by atoms with Gasteiger partial charge in [-0.1, -0.05) is 5.16 Å². The van der Waals surface area contributed by atoms with Crippen LogP contribution < -0.4 is 10.2 Å². The number of nitrogens with one attached hydrogen (secondary N) is 1. The molecule has 0 spiro atoms. The number of nitrogens with zero attached hydrogens (tertiary/aromatic N) is 6. The number of carbonyl (C=O) groups excluding carboxylic acids is 1. The maximum absolute atomic E-state index is 12.7. The van der Waals surface area contributed by atoms with E-state index in [9.17, 15) is 4.79 Å². The Labute approximate surface area is 158 Å². The van der Waals surface area contributed by atoms with E-state index in [0.29, 0.717) is 24.8 Å². The van der Waals surface area contributed by atoms with Crippen LogP contribution in [0.1, 0.15) is 43.3 Å².